The average Bonchev–Trinajstić information content (AvgIpc) is 3.06. The molecule has 236 valence electrons. The maximum absolute atomic E-state index is 14.3. The number of ether oxygens (including phenoxy) is 1. The molecular formula is C38H44N2O4S. The van der Waals surface area contributed by atoms with E-state index < -0.39 is 16.1 Å². The van der Waals surface area contributed by atoms with Crippen LogP contribution in [0.4, 0.5) is 0 Å². The molecule has 1 atom stereocenters. The van der Waals surface area contributed by atoms with Crippen LogP contribution in [-0.2, 0) is 34.1 Å². The minimum atomic E-state index is -4.02. The minimum absolute atomic E-state index is 0.0784. The number of nitrogens with one attached hydrogen (secondary N) is 1. The Morgan fingerprint density at radius 2 is 1.44 bits per heavy atom. The van der Waals surface area contributed by atoms with E-state index in [0.717, 1.165) is 60.8 Å². The number of hydrogen-bond acceptors (Lipinski definition) is 4. The van der Waals surface area contributed by atoms with Crippen LogP contribution in [0.15, 0.2) is 102 Å². The van der Waals surface area contributed by atoms with Crippen molar-refractivity contribution in [2.75, 3.05) is 13.7 Å². The lowest BCUT2D eigenvalue weighted by Gasteiger charge is -2.36. The Morgan fingerprint density at radius 1 is 0.867 bits per heavy atom. The lowest BCUT2D eigenvalue weighted by Crippen LogP contribution is -2.49. The summed E-state index contributed by atoms with van der Waals surface area (Å²) >= 11 is 0. The molecule has 7 heteroatoms. The van der Waals surface area contributed by atoms with Crippen molar-refractivity contribution >= 4 is 15.9 Å². The molecular weight excluding hydrogens is 580 g/mol. The summed E-state index contributed by atoms with van der Waals surface area (Å²) in [4.78, 5) is 14.5. The molecule has 0 fully saturated rings. The van der Waals surface area contributed by atoms with Gasteiger partial charge in [-0.1, -0.05) is 84.9 Å². The van der Waals surface area contributed by atoms with Crippen LogP contribution in [0.5, 0.6) is 5.75 Å². The number of methoxy groups -OCH3 is 1. The molecule has 0 bridgehead atoms. The van der Waals surface area contributed by atoms with Crippen molar-refractivity contribution in [1.29, 1.82) is 0 Å². The minimum Gasteiger partial charge on any atom is -0.496 e. The highest BCUT2D eigenvalue weighted by Gasteiger charge is 2.41. The maximum Gasteiger partial charge on any atom is 0.244 e. The lowest BCUT2D eigenvalue weighted by molar-refractivity contribution is -0.126. The van der Waals surface area contributed by atoms with Gasteiger partial charge in [0.1, 0.15) is 11.8 Å². The van der Waals surface area contributed by atoms with Crippen LogP contribution in [0.2, 0.25) is 0 Å². The molecule has 0 saturated heterocycles. The first kappa shape index (κ1) is 32.5. The number of fused-ring (bicyclic) bond motifs is 1. The van der Waals surface area contributed by atoms with Crippen molar-refractivity contribution < 1.29 is 17.9 Å². The van der Waals surface area contributed by atoms with Gasteiger partial charge in [-0.05, 0) is 98.2 Å². The molecule has 1 aliphatic rings. The van der Waals surface area contributed by atoms with Crippen LogP contribution >= 0.6 is 0 Å². The van der Waals surface area contributed by atoms with Gasteiger partial charge in [0.25, 0.3) is 0 Å². The van der Waals surface area contributed by atoms with Gasteiger partial charge in [-0.25, -0.2) is 8.42 Å². The van der Waals surface area contributed by atoms with Gasteiger partial charge in [0, 0.05) is 18.7 Å². The zero-order valence-corrected chi connectivity index (χ0v) is 27.4. The third-order valence-corrected chi connectivity index (χ3v) is 10.8. The third-order valence-electron chi connectivity index (χ3n) is 8.98. The molecule has 0 radical (unpaired) electrons. The predicted octanol–water partition coefficient (Wildman–Crippen LogP) is 7.13. The number of aryl methyl sites for hydroxylation is 3. The maximum atomic E-state index is 14.3. The van der Waals surface area contributed by atoms with Crippen LogP contribution < -0.4 is 10.1 Å². The summed E-state index contributed by atoms with van der Waals surface area (Å²) in [7, 11) is -2.48. The number of carbonyl (C=O) groups excluding carboxylic acids is 1. The van der Waals surface area contributed by atoms with E-state index in [9.17, 15) is 13.2 Å². The standard InChI is InChI=1S/C38H44N2O4S/c1-28-26-34(27-36(44-3)29(28)2)45(42,43)40-25-24-32-20-10-11-23-35(32)37(40)38(41)39-33(21-12-18-30-14-6-4-7-15-30)22-13-19-31-16-8-5-9-17-31/h4-11,14-17,20,23,26-27,33,37H,12-13,18-19,21-22,24-25H2,1-3H3,(H,39,41)/t37-/m1/s1. The van der Waals surface area contributed by atoms with Crippen LogP contribution in [0.25, 0.3) is 0 Å². The number of hydrogen-bond donors (Lipinski definition) is 1. The van der Waals surface area contributed by atoms with E-state index in [1.54, 1.807) is 19.2 Å². The number of benzene rings is 4. The van der Waals surface area contributed by atoms with E-state index in [0.29, 0.717) is 12.2 Å². The van der Waals surface area contributed by atoms with E-state index in [1.807, 2.05) is 50.2 Å². The second-order valence-corrected chi connectivity index (χ2v) is 13.9. The van der Waals surface area contributed by atoms with E-state index in [4.69, 9.17) is 4.74 Å². The van der Waals surface area contributed by atoms with Gasteiger partial charge in [-0.2, -0.15) is 4.31 Å². The molecule has 4 aromatic rings. The van der Waals surface area contributed by atoms with Gasteiger partial charge in [-0.3, -0.25) is 4.79 Å². The van der Waals surface area contributed by atoms with Gasteiger partial charge in [0.15, 0.2) is 0 Å². The normalized spacial score (nSPS) is 15.1. The van der Waals surface area contributed by atoms with Crippen molar-refractivity contribution in [2.45, 2.75) is 75.8 Å². The first-order valence-electron chi connectivity index (χ1n) is 15.9. The molecule has 0 saturated carbocycles. The smallest absolute Gasteiger partial charge is 0.244 e. The Hall–Kier alpha value is -3.94. The zero-order valence-electron chi connectivity index (χ0n) is 26.5. The summed E-state index contributed by atoms with van der Waals surface area (Å²) in [6.07, 6.45) is 5.85. The van der Waals surface area contributed by atoms with Gasteiger partial charge >= 0.3 is 0 Å². The van der Waals surface area contributed by atoms with Gasteiger partial charge < -0.3 is 10.1 Å². The molecule has 45 heavy (non-hydrogen) atoms. The van der Waals surface area contributed by atoms with E-state index in [2.05, 4.69) is 53.8 Å². The fourth-order valence-corrected chi connectivity index (χ4v) is 8.00. The van der Waals surface area contributed by atoms with Crippen molar-refractivity contribution in [1.82, 2.24) is 9.62 Å². The van der Waals surface area contributed by atoms with Crippen molar-refractivity contribution in [3.8, 4) is 5.75 Å². The molecule has 1 N–H and O–H groups in total. The fraction of sp³-hybridized carbons (Fsp3) is 0.342. The molecule has 1 aliphatic heterocycles. The SMILES string of the molecule is COc1cc(S(=O)(=O)N2CCc3ccccc3[C@@H]2C(=O)NC(CCCc2ccccc2)CCCc2ccccc2)cc(C)c1C. The molecule has 0 aromatic heterocycles. The highest BCUT2D eigenvalue weighted by atomic mass is 32.2. The summed E-state index contributed by atoms with van der Waals surface area (Å²) in [5, 5.41) is 3.33. The lowest BCUT2D eigenvalue weighted by atomic mass is 9.93. The predicted molar refractivity (Wildman–Crippen MR) is 180 cm³/mol. The Bertz CT molecular complexity index is 1640. The van der Waals surface area contributed by atoms with Crippen molar-refractivity contribution in [2.24, 2.45) is 0 Å². The molecule has 0 aliphatic carbocycles. The van der Waals surface area contributed by atoms with Crippen molar-refractivity contribution in [3.63, 3.8) is 0 Å². The quantitative estimate of drug-likeness (QED) is 0.172. The van der Waals surface area contributed by atoms with E-state index in [-0.39, 0.29) is 23.4 Å². The molecule has 1 heterocycles. The Kier molecular flexibility index (Phi) is 10.7. The third kappa shape index (κ3) is 7.84. The molecule has 5 rings (SSSR count). The largest absolute Gasteiger partial charge is 0.496 e. The van der Waals surface area contributed by atoms with Gasteiger partial charge in [-0.15, -0.1) is 0 Å². The van der Waals surface area contributed by atoms with Crippen molar-refractivity contribution in [3.05, 3.63) is 130 Å². The molecule has 4 aromatic carbocycles. The highest BCUT2D eigenvalue weighted by Crippen LogP contribution is 2.36. The Balaban J connectivity index is 1.41. The number of carbonyl (C=O) groups is 1. The monoisotopic (exact) mass is 624 g/mol. The number of amides is 1. The van der Waals surface area contributed by atoms with E-state index >= 15 is 0 Å². The Morgan fingerprint density at radius 3 is 2.04 bits per heavy atom. The molecule has 0 spiro atoms. The highest BCUT2D eigenvalue weighted by molar-refractivity contribution is 7.89. The molecule has 0 unspecified atom stereocenters. The zero-order chi connectivity index (χ0) is 31.8. The number of rotatable bonds is 13. The summed E-state index contributed by atoms with van der Waals surface area (Å²) < 4.78 is 35.5. The first-order chi connectivity index (χ1) is 21.8. The summed E-state index contributed by atoms with van der Waals surface area (Å²) in [5.41, 5.74) is 6.01. The Labute approximate surface area is 268 Å². The van der Waals surface area contributed by atoms with Gasteiger partial charge in [0.2, 0.25) is 15.9 Å². The van der Waals surface area contributed by atoms with Gasteiger partial charge in [0.05, 0.1) is 12.0 Å². The van der Waals surface area contributed by atoms with Crippen LogP contribution in [0.3, 0.4) is 0 Å². The number of nitrogens with zero attached hydrogens (tertiary/aromatic N) is 1. The second kappa shape index (κ2) is 14.9. The average molecular weight is 625 g/mol. The summed E-state index contributed by atoms with van der Waals surface area (Å²) in [6.45, 7) is 4.01. The molecule has 6 nitrogen and oxygen atoms in total. The second-order valence-electron chi connectivity index (χ2n) is 12.0. The summed E-state index contributed by atoms with van der Waals surface area (Å²) in [6, 6.07) is 30.7. The van der Waals surface area contributed by atoms with Crippen LogP contribution in [0, 0.1) is 13.8 Å². The first-order valence-corrected chi connectivity index (χ1v) is 17.3. The topological polar surface area (TPSA) is 75.7 Å². The van der Waals surface area contributed by atoms with E-state index in [1.165, 1.54) is 15.4 Å². The van der Waals surface area contributed by atoms with Crippen LogP contribution in [-0.4, -0.2) is 38.3 Å². The fourth-order valence-electron chi connectivity index (χ4n) is 6.33. The number of sulfonamides is 1. The molecule has 1 amide bonds. The van der Waals surface area contributed by atoms with Crippen LogP contribution in [0.1, 0.15) is 65.1 Å². The summed E-state index contributed by atoms with van der Waals surface area (Å²) in [5.74, 6) is 0.245.